The number of piperidine rings is 1. The zero-order valence-corrected chi connectivity index (χ0v) is 20.3. The first-order valence-electron chi connectivity index (χ1n) is 12.1. The Morgan fingerprint density at radius 2 is 1.89 bits per heavy atom. The van der Waals surface area contributed by atoms with Crippen LogP contribution in [0.3, 0.4) is 0 Å². The fraction of sp³-hybridized carbons (Fsp3) is 0.560. The molecule has 0 spiro atoms. The van der Waals surface area contributed by atoms with Crippen LogP contribution in [-0.2, 0) is 29.6 Å². The second kappa shape index (κ2) is 8.75. The Morgan fingerprint density at radius 3 is 2.60 bits per heavy atom. The van der Waals surface area contributed by atoms with Gasteiger partial charge in [-0.25, -0.2) is 4.79 Å². The molecule has 2 aliphatic heterocycles. The van der Waals surface area contributed by atoms with E-state index in [1.807, 2.05) is 30.9 Å². The van der Waals surface area contributed by atoms with Gasteiger partial charge < -0.3 is 19.5 Å². The van der Waals surface area contributed by atoms with E-state index in [4.69, 9.17) is 4.42 Å². The fourth-order valence-electron chi connectivity index (χ4n) is 5.30. The van der Waals surface area contributed by atoms with Crippen molar-refractivity contribution in [1.29, 1.82) is 0 Å². The SMILES string of the molecule is Cn1nc(C(=O)C2CC3CC3N2C(=O)CNC(C)(C)CC(=O)N2CCc3ccccc3C2)oc1=O. The summed E-state index contributed by atoms with van der Waals surface area (Å²) in [6.45, 7) is 5.13. The number of aromatic nitrogens is 2. The molecule has 35 heavy (non-hydrogen) atoms. The third kappa shape index (κ3) is 4.67. The number of Topliss-reactive ketones (excluding diaryl/α,β-unsaturated/α-hetero) is 1. The van der Waals surface area contributed by atoms with Gasteiger partial charge in [-0.2, -0.15) is 4.68 Å². The molecular weight excluding hydrogens is 450 g/mol. The largest absolute Gasteiger partial charge is 0.437 e. The summed E-state index contributed by atoms with van der Waals surface area (Å²) in [5.74, 6) is -1.27. The van der Waals surface area contributed by atoms with Crippen LogP contribution in [0, 0.1) is 5.92 Å². The Morgan fingerprint density at radius 1 is 1.14 bits per heavy atom. The summed E-state index contributed by atoms with van der Waals surface area (Å²) in [5.41, 5.74) is 1.87. The van der Waals surface area contributed by atoms with E-state index in [-0.39, 0.29) is 36.7 Å². The molecule has 1 aromatic heterocycles. The number of rotatable bonds is 7. The topological polar surface area (TPSA) is 118 Å². The molecule has 3 atom stereocenters. The van der Waals surface area contributed by atoms with Crippen LogP contribution in [0.5, 0.6) is 0 Å². The number of benzene rings is 1. The number of fused-ring (bicyclic) bond motifs is 2. The standard InChI is InChI=1S/C25H31N5O5/c1-25(2,12-20(31)29-9-8-15-6-4-5-7-16(15)14-29)26-13-21(32)30-18-10-17(18)11-19(30)22(33)23-27-28(3)24(34)35-23/h4-7,17-19,26H,8-14H2,1-3H3. The molecule has 2 amide bonds. The van der Waals surface area contributed by atoms with Crippen molar-refractivity contribution in [3.8, 4) is 0 Å². The van der Waals surface area contributed by atoms with Gasteiger partial charge in [0.25, 0.3) is 5.89 Å². The molecule has 1 N–H and O–H groups in total. The number of amides is 2. The van der Waals surface area contributed by atoms with Gasteiger partial charge in [-0.1, -0.05) is 24.3 Å². The van der Waals surface area contributed by atoms with Crippen LogP contribution in [0.15, 0.2) is 33.5 Å². The first-order valence-corrected chi connectivity index (χ1v) is 12.1. The van der Waals surface area contributed by atoms with Gasteiger partial charge in [-0.05, 0) is 50.2 Å². The quantitative estimate of drug-likeness (QED) is 0.584. The molecule has 1 aliphatic carbocycles. The van der Waals surface area contributed by atoms with Crippen LogP contribution in [-0.4, -0.2) is 67.9 Å². The molecule has 0 radical (unpaired) electrons. The van der Waals surface area contributed by atoms with Gasteiger partial charge >= 0.3 is 5.76 Å². The van der Waals surface area contributed by atoms with Crippen molar-refractivity contribution >= 4 is 17.6 Å². The maximum absolute atomic E-state index is 13.2. The molecule has 2 fully saturated rings. The molecule has 3 heterocycles. The number of carbonyl (C=O) groups is 3. The van der Waals surface area contributed by atoms with Gasteiger partial charge in [0.15, 0.2) is 0 Å². The highest BCUT2D eigenvalue weighted by molar-refractivity contribution is 5.99. The van der Waals surface area contributed by atoms with Gasteiger partial charge in [0.1, 0.15) is 6.04 Å². The Hall–Kier alpha value is -3.27. The average Bonchev–Trinajstić information content (AvgIpc) is 3.36. The van der Waals surface area contributed by atoms with E-state index in [1.165, 1.54) is 18.2 Å². The normalized spacial score (nSPS) is 23.1. The summed E-state index contributed by atoms with van der Waals surface area (Å²) in [7, 11) is 1.41. The van der Waals surface area contributed by atoms with Crippen LogP contribution in [0.1, 0.15) is 54.9 Å². The molecule has 186 valence electrons. The number of likely N-dealkylation sites (tertiary alicyclic amines) is 1. The summed E-state index contributed by atoms with van der Waals surface area (Å²) in [4.78, 5) is 54.2. The summed E-state index contributed by atoms with van der Waals surface area (Å²) < 4.78 is 5.92. The molecule has 2 aromatic rings. The maximum atomic E-state index is 13.2. The van der Waals surface area contributed by atoms with Crippen molar-refractivity contribution < 1.29 is 18.8 Å². The second-order valence-corrected chi connectivity index (χ2v) is 10.5. The minimum Gasteiger partial charge on any atom is -0.384 e. The van der Waals surface area contributed by atoms with E-state index in [0.717, 1.165) is 17.5 Å². The first-order chi connectivity index (χ1) is 16.6. The van der Waals surface area contributed by atoms with E-state index in [9.17, 15) is 19.2 Å². The molecule has 1 saturated heterocycles. The molecule has 10 heteroatoms. The molecular formula is C25H31N5O5. The minimum absolute atomic E-state index is 0.0162. The lowest BCUT2D eigenvalue weighted by atomic mass is 9.96. The van der Waals surface area contributed by atoms with Gasteiger partial charge in [-0.3, -0.25) is 14.4 Å². The Balaban J connectivity index is 1.18. The summed E-state index contributed by atoms with van der Waals surface area (Å²) in [6, 6.07) is 7.54. The predicted molar refractivity (Wildman–Crippen MR) is 125 cm³/mol. The molecule has 3 aliphatic rings. The monoisotopic (exact) mass is 481 g/mol. The molecule has 10 nitrogen and oxygen atoms in total. The highest BCUT2D eigenvalue weighted by Crippen LogP contribution is 2.48. The number of nitrogens with zero attached hydrogens (tertiary/aromatic N) is 4. The zero-order chi connectivity index (χ0) is 24.9. The van der Waals surface area contributed by atoms with E-state index in [1.54, 1.807) is 4.90 Å². The second-order valence-electron chi connectivity index (χ2n) is 10.5. The third-order valence-electron chi connectivity index (χ3n) is 7.39. The smallest absolute Gasteiger partial charge is 0.384 e. The van der Waals surface area contributed by atoms with Crippen LogP contribution in [0.2, 0.25) is 0 Å². The van der Waals surface area contributed by atoms with Crippen LogP contribution in [0.25, 0.3) is 0 Å². The van der Waals surface area contributed by atoms with Gasteiger partial charge in [0.05, 0.1) is 6.54 Å². The van der Waals surface area contributed by atoms with E-state index >= 15 is 0 Å². The van der Waals surface area contributed by atoms with Crippen molar-refractivity contribution in [2.75, 3.05) is 13.1 Å². The zero-order valence-electron chi connectivity index (χ0n) is 20.3. The fourth-order valence-corrected chi connectivity index (χ4v) is 5.30. The number of nitrogens with one attached hydrogen (secondary N) is 1. The molecule has 3 unspecified atom stereocenters. The highest BCUT2D eigenvalue weighted by atomic mass is 16.4. The summed E-state index contributed by atoms with van der Waals surface area (Å²) in [6.07, 6.45) is 2.53. The third-order valence-corrected chi connectivity index (χ3v) is 7.39. The lowest BCUT2D eigenvalue weighted by Crippen LogP contribution is -2.52. The van der Waals surface area contributed by atoms with E-state index in [0.29, 0.717) is 25.4 Å². The van der Waals surface area contributed by atoms with Crippen molar-refractivity contribution in [3.63, 3.8) is 0 Å². The van der Waals surface area contributed by atoms with Crippen molar-refractivity contribution in [3.05, 3.63) is 51.8 Å². The van der Waals surface area contributed by atoms with Crippen LogP contribution < -0.4 is 11.1 Å². The number of hydrogen-bond donors (Lipinski definition) is 1. The molecule has 1 aromatic carbocycles. The first kappa shape index (κ1) is 23.5. The van der Waals surface area contributed by atoms with Gasteiger partial charge in [0, 0.05) is 38.1 Å². The minimum atomic E-state index is -0.709. The Labute approximate surface area is 203 Å². The number of ketones is 1. The molecule has 0 bridgehead atoms. The highest BCUT2D eigenvalue weighted by Gasteiger charge is 2.56. The van der Waals surface area contributed by atoms with Crippen molar-refractivity contribution in [2.24, 2.45) is 13.0 Å². The number of aryl methyl sites for hydroxylation is 1. The lowest BCUT2D eigenvalue weighted by Gasteiger charge is -2.33. The summed E-state index contributed by atoms with van der Waals surface area (Å²) in [5, 5.41) is 7.09. The maximum Gasteiger partial charge on any atom is 0.437 e. The van der Waals surface area contributed by atoms with E-state index in [2.05, 4.69) is 22.5 Å². The van der Waals surface area contributed by atoms with Gasteiger partial charge in [0.2, 0.25) is 17.6 Å². The van der Waals surface area contributed by atoms with Gasteiger partial charge in [-0.15, -0.1) is 5.10 Å². The average molecular weight is 482 g/mol. The summed E-state index contributed by atoms with van der Waals surface area (Å²) >= 11 is 0. The molecule has 5 rings (SSSR count). The van der Waals surface area contributed by atoms with Crippen molar-refractivity contribution in [1.82, 2.24) is 24.9 Å². The Bertz CT molecular complexity index is 1230. The Kier molecular flexibility index (Phi) is 5.86. The molecule has 1 saturated carbocycles. The van der Waals surface area contributed by atoms with Crippen LogP contribution in [0.4, 0.5) is 0 Å². The van der Waals surface area contributed by atoms with Crippen molar-refractivity contribution in [2.45, 2.75) is 63.7 Å². The van der Waals surface area contributed by atoms with Crippen LogP contribution >= 0.6 is 0 Å². The number of hydrogen-bond acceptors (Lipinski definition) is 7. The predicted octanol–water partition coefficient (Wildman–Crippen LogP) is 0.889. The lowest BCUT2D eigenvalue weighted by molar-refractivity contribution is -0.135. The number of carbonyl (C=O) groups excluding carboxylic acids is 3. The van der Waals surface area contributed by atoms with E-state index < -0.39 is 23.1 Å².